The van der Waals surface area contributed by atoms with Crippen LogP contribution in [0.2, 0.25) is 0 Å². The van der Waals surface area contributed by atoms with Gasteiger partial charge in [0, 0.05) is 52.3 Å². The van der Waals surface area contributed by atoms with Crippen molar-refractivity contribution in [1.29, 1.82) is 0 Å². The average molecular weight is 391 g/mol. The summed E-state index contributed by atoms with van der Waals surface area (Å²) in [5.74, 6) is 2.38. The maximum Gasteiger partial charge on any atom is 0.237 e. The van der Waals surface area contributed by atoms with E-state index in [1.54, 1.807) is 0 Å². The molecule has 2 fully saturated rings. The number of fused-ring (bicyclic) bond motifs is 1. The highest BCUT2D eigenvalue weighted by atomic mass is 16.5. The second-order valence-electron chi connectivity index (χ2n) is 8.36. The second-order valence-corrected chi connectivity index (χ2v) is 8.36. The van der Waals surface area contributed by atoms with Crippen LogP contribution in [-0.2, 0) is 29.0 Å². The fourth-order valence-electron chi connectivity index (χ4n) is 4.50. The predicted molar refractivity (Wildman–Crippen MR) is 106 cm³/mol. The van der Waals surface area contributed by atoms with Gasteiger partial charge in [-0.15, -0.1) is 10.2 Å². The highest BCUT2D eigenvalue weighted by molar-refractivity contribution is 5.81. The molecule has 2 saturated heterocycles. The number of nitrogens with zero attached hydrogens (tertiary/aromatic N) is 5. The molecular formula is C20H34N6O2. The van der Waals surface area contributed by atoms with Crippen molar-refractivity contribution in [2.45, 2.75) is 70.7 Å². The summed E-state index contributed by atoms with van der Waals surface area (Å²) in [5.41, 5.74) is 0. The van der Waals surface area contributed by atoms with Gasteiger partial charge >= 0.3 is 0 Å². The van der Waals surface area contributed by atoms with Crippen LogP contribution in [0.25, 0.3) is 0 Å². The van der Waals surface area contributed by atoms with Gasteiger partial charge in [-0.1, -0.05) is 6.42 Å². The number of amides is 1. The Hall–Kier alpha value is -1.51. The molecule has 0 aromatic carbocycles. The summed E-state index contributed by atoms with van der Waals surface area (Å²) in [6, 6.07) is -0.0899. The zero-order chi connectivity index (χ0) is 19.3. The smallest absolute Gasteiger partial charge is 0.237 e. The summed E-state index contributed by atoms with van der Waals surface area (Å²) in [7, 11) is 0. The molecule has 1 aromatic rings. The van der Waals surface area contributed by atoms with Crippen LogP contribution in [0.15, 0.2) is 0 Å². The highest BCUT2D eigenvalue weighted by Crippen LogP contribution is 2.17. The molecule has 0 saturated carbocycles. The van der Waals surface area contributed by atoms with Crippen LogP contribution in [0.3, 0.4) is 0 Å². The van der Waals surface area contributed by atoms with Crippen molar-refractivity contribution >= 4 is 5.91 Å². The summed E-state index contributed by atoms with van der Waals surface area (Å²) in [5, 5.41) is 11.9. The first-order valence-corrected chi connectivity index (χ1v) is 11.0. The van der Waals surface area contributed by atoms with Crippen molar-refractivity contribution in [3.05, 3.63) is 11.6 Å². The SMILES string of the molecule is C[C@@H](C(=O)NC[C@H]1CCCO1)N1CCN(Cc2nnc3n2CCCCC3)CC1. The van der Waals surface area contributed by atoms with Gasteiger partial charge in [-0.25, -0.2) is 0 Å². The Labute approximate surface area is 167 Å². The average Bonchev–Trinajstić information content (AvgIpc) is 3.31. The third kappa shape index (κ3) is 4.72. The highest BCUT2D eigenvalue weighted by Gasteiger charge is 2.27. The maximum atomic E-state index is 12.5. The Morgan fingerprint density at radius 1 is 1.14 bits per heavy atom. The molecular weight excluding hydrogens is 356 g/mol. The maximum absolute atomic E-state index is 12.5. The lowest BCUT2D eigenvalue weighted by Crippen LogP contribution is -2.54. The molecule has 0 spiro atoms. The molecule has 8 heteroatoms. The van der Waals surface area contributed by atoms with Crippen LogP contribution in [0.4, 0.5) is 0 Å². The molecule has 0 unspecified atom stereocenters. The minimum atomic E-state index is -0.0899. The van der Waals surface area contributed by atoms with E-state index in [2.05, 4.69) is 29.9 Å². The quantitative estimate of drug-likeness (QED) is 0.775. The zero-order valence-electron chi connectivity index (χ0n) is 17.1. The van der Waals surface area contributed by atoms with Gasteiger partial charge in [0.2, 0.25) is 5.91 Å². The molecule has 0 aliphatic carbocycles. The molecule has 156 valence electrons. The molecule has 3 aliphatic rings. The van der Waals surface area contributed by atoms with E-state index in [1.807, 2.05) is 6.92 Å². The normalized spacial score (nSPS) is 25.2. The molecule has 2 atom stereocenters. The van der Waals surface area contributed by atoms with E-state index in [-0.39, 0.29) is 18.1 Å². The van der Waals surface area contributed by atoms with E-state index in [0.717, 1.165) is 76.8 Å². The molecule has 0 radical (unpaired) electrons. The largest absolute Gasteiger partial charge is 0.376 e. The van der Waals surface area contributed by atoms with E-state index < -0.39 is 0 Å². The number of rotatable bonds is 6. The first-order valence-electron chi connectivity index (χ1n) is 11.0. The monoisotopic (exact) mass is 390 g/mol. The van der Waals surface area contributed by atoms with E-state index in [9.17, 15) is 4.79 Å². The molecule has 4 rings (SSSR count). The van der Waals surface area contributed by atoms with Gasteiger partial charge in [0.25, 0.3) is 0 Å². The van der Waals surface area contributed by atoms with Crippen molar-refractivity contribution in [1.82, 2.24) is 29.9 Å². The van der Waals surface area contributed by atoms with Crippen LogP contribution in [0.5, 0.6) is 0 Å². The van der Waals surface area contributed by atoms with Gasteiger partial charge in [-0.2, -0.15) is 0 Å². The fourth-order valence-corrected chi connectivity index (χ4v) is 4.50. The molecule has 1 aromatic heterocycles. The van der Waals surface area contributed by atoms with Crippen LogP contribution < -0.4 is 5.32 Å². The predicted octanol–water partition coefficient (Wildman–Crippen LogP) is 0.806. The summed E-state index contributed by atoms with van der Waals surface area (Å²) in [6.07, 6.45) is 7.15. The first kappa shape index (κ1) is 19.8. The summed E-state index contributed by atoms with van der Waals surface area (Å²) >= 11 is 0. The Bertz CT molecular complexity index is 649. The van der Waals surface area contributed by atoms with Gasteiger partial charge in [0.1, 0.15) is 11.6 Å². The number of carbonyl (C=O) groups is 1. The summed E-state index contributed by atoms with van der Waals surface area (Å²) < 4.78 is 7.93. The molecule has 28 heavy (non-hydrogen) atoms. The molecule has 1 N–H and O–H groups in total. The van der Waals surface area contributed by atoms with E-state index in [4.69, 9.17) is 4.74 Å². The molecule has 8 nitrogen and oxygen atoms in total. The molecule has 4 heterocycles. The number of piperazine rings is 1. The molecule has 0 bridgehead atoms. The van der Waals surface area contributed by atoms with Gasteiger partial charge in [0.05, 0.1) is 18.7 Å². The summed E-state index contributed by atoms with van der Waals surface area (Å²) in [6.45, 7) is 9.15. The third-order valence-corrected chi connectivity index (χ3v) is 6.41. The third-order valence-electron chi connectivity index (χ3n) is 6.41. The second kappa shape index (κ2) is 9.33. The van der Waals surface area contributed by atoms with Crippen molar-refractivity contribution in [3.8, 4) is 0 Å². The number of hydrogen-bond donors (Lipinski definition) is 1. The van der Waals surface area contributed by atoms with Crippen LogP contribution in [0.1, 0.15) is 50.7 Å². The number of nitrogens with one attached hydrogen (secondary N) is 1. The minimum Gasteiger partial charge on any atom is -0.376 e. The Morgan fingerprint density at radius 2 is 2.00 bits per heavy atom. The Balaban J connectivity index is 1.23. The Morgan fingerprint density at radius 3 is 2.79 bits per heavy atom. The van der Waals surface area contributed by atoms with Crippen molar-refractivity contribution < 1.29 is 9.53 Å². The number of ether oxygens (including phenoxy) is 1. The number of aromatic nitrogens is 3. The standard InChI is InChI=1S/C20H34N6O2/c1-16(20(27)21-14-17-6-5-13-28-17)25-11-9-24(10-12-25)15-19-23-22-18-7-3-2-4-8-26(18)19/h16-17H,2-15H2,1H3,(H,21,27)/t16-,17+/m0/s1. The topological polar surface area (TPSA) is 75.5 Å². The van der Waals surface area contributed by atoms with Crippen molar-refractivity contribution in [2.75, 3.05) is 39.3 Å². The fraction of sp³-hybridized carbons (Fsp3) is 0.850. The molecule has 1 amide bonds. The minimum absolute atomic E-state index is 0.0899. The number of carbonyl (C=O) groups excluding carboxylic acids is 1. The zero-order valence-corrected chi connectivity index (χ0v) is 17.1. The van der Waals surface area contributed by atoms with Crippen LogP contribution in [0, 0.1) is 0 Å². The lowest BCUT2D eigenvalue weighted by atomic mass is 10.2. The number of aryl methyl sites for hydroxylation is 1. The van der Waals surface area contributed by atoms with Gasteiger partial charge in [0.15, 0.2) is 0 Å². The van der Waals surface area contributed by atoms with Gasteiger partial charge in [-0.3, -0.25) is 14.6 Å². The lowest BCUT2D eigenvalue weighted by molar-refractivity contribution is -0.127. The Kier molecular flexibility index (Phi) is 6.59. The van der Waals surface area contributed by atoms with Crippen LogP contribution >= 0.6 is 0 Å². The van der Waals surface area contributed by atoms with E-state index >= 15 is 0 Å². The van der Waals surface area contributed by atoms with Crippen molar-refractivity contribution in [2.24, 2.45) is 0 Å². The lowest BCUT2D eigenvalue weighted by Gasteiger charge is -2.37. The van der Waals surface area contributed by atoms with Gasteiger partial charge in [-0.05, 0) is 32.6 Å². The van der Waals surface area contributed by atoms with E-state index in [0.29, 0.717) is 6.54 Å². The van der Waals surface area contributed by atoms with E-state index in [1.165, 1.54) is 19.3 Å². The van der Waals surface area contributed by atoms with Gasteiger partial charge < -0.3 is 14.6 Å². The van der Waals surface area contributed by atoms with Crippen LogP contribution in [-0.4, -0.2) is 81.9 Å². The summed E-state index contributed by atoms with van der Waals surface area (Å²) in [4.78, 5) is 17.2. The molecule has 3 aliphatic heterocycles. The first-order chi connectivity index (χ1) is 13.7. The van der Waals surface area contributed by atoms with Crippen molar-refractivity contribution in [3.63, 3.8) is 0 Å². The number of hydrogen-bond acceptors (Lipinski definition) is 6.